The monoisotopic (exact) mass is 314 g/mol. The molecule has 0 fully saturated rings. The van der Waals surface area contributed by atoms with Gasteiger partial charge < -0.3 is 9.72 Å². The van der Waals surface area contributed by atoms with Gasteiger partial charge in [-0.1, -0.05) is 45.7 Å². The van der Waals surface area contributed by atoms with E-state index in [4.69, 9.17) is 16.3 Å². The number of benzene rings is 1. The summed E-state index contributed by atoms with van der Waals surface area (Å²) < 4.78 is 6.32. The van der Waals surface area contributed by atoms with Crippen molar-refractivity contribution in [1.82, 2.24) is 9.97 Å². The van der Waals surface area contributed by atoms with E-state index in [2.05, 4.69) is 25.9 Å². The van der Waals surface area contributed by atoms with Gasteiger partial charge in [-0.25, -0.2) is 4.98 Å². The van der Waals surface area contributed by atoms with Crippen LogP contribution in [0.25, 0.3) is 0 Å². The lowest BCUT2D eigenvalue weighted by atomic mass is 10.2. The van der Waals surface area contributed by atoms with Gasteiger partial charge in [-0.3, -0.25) is 4.79 Å². The first-order valence-electron chi connectivity index (χ1n) is 4.78. The van der Waals surface area contributed by atoms with Gasteiger partial charge in [-0.15, -0.1) is 0 Å². The van der Waals surface area contributed by atoms with Crippen molar-refractivity contribution < 1.29 is 4.74 Å². The van der Waals surface area contributed by atoms with Gasteiger partial charge >= 0.3 is 0 Å². The molecule has 0 saturated carbocycles. The Morgan fingerprint density at radius 3 is 2.94 bits per heavy atom. The molecule has 0 aliphatic heterocycles. The second kappa shape index (κ2) is 5.33. The summed E-state index contributed by atoms with van der Waals surface area (Å²) in [6.45, 7) is 0.289. The Kier molecular flexibility index (Phi) is 3.81. The van der Waals surface area contributed by atoms with Crippen LogP contribution in [0.2, 0.25) is 5.02 Å². The fourth-order valence-electron chi connectivity index (χ4n) is 1.23. The Balaban J connectivity index is 2.16. The number of nitrogens with one attached hydrogen (secondary N) is 1. The smallest absolute Gasteiger partial charge is 0.273 e. The molecule has 17 heavy (non-hydrogen) atoms. The number of rotatable bonds is 3. The van der Waals surface area contributed by atoms with E-state index in [1.54, 1.807) is 0 Å². The Morgan fingerprint density at radius 2 is 2.18 bits per heavy atom. The molecule has 6 heteroatoms. The van der Waals surface area contributed by atoms with Crippen LogP contribution in [0.4, 0.5) is 0 Å². The fraction of sp³-hybridized carbons (Fsp3) is 0.0909. The van der Waals surface area contributed by atoms with Crippen LogP contribution in [0.3, 0.4) is 0 Å². The highest BCUT2D eigenvalue weighted by molar-refractivity contribution is 9.10. The van der Waals surface area contributed by atoms with Crippen LogP contribution in [0.15, 0.2) is 39.9 Å². The largest absolute Gasteiger partial charge is 0.472 e. The molecule has 0 radical (unpaired) electrons. The first kappa shape index (κ1) is 12.1. The molecule has 0 aliphatic carbocycles. The van der Waals surface area contributed by atoms with Crippen LogP contribution >= 0.6 is 27.5 Å². The summed E-state index contributed by atoms with van der Waals surface area (Å²) in [5.74, 6) is 0.131. The molecule has 0 saturated heterocycles. The molecule has 2 aromatic rings. The predicted molar refractivity (Wildman–Crippen MR) is 68.3 cm³/mol. The van der Waals surface area contributed by atoms with Crippen molar-refractivity contribution in [3.8, 4) is 5.88 Å². The molecular weight excluding hydrogens is 307 g/mol. The maximum Gasteiger partial charge on any atom is 0.273 e. The third-order valence-electron chi connectivity index (χ3n) is 2.09. The van der Waals surface area contributed by atoms with E-state index >= 15 is 0 Å². The number of aromatic amines is 1. The zero-order valence-electron chi connectivity index (χ0n) is 8.61. The van der Waals surface area contributed by atoms with Gasteiger partial charge in [0.15, 0.2) is 5.02 Å². The highest BCUT2D eigenvalue weighted by atomic mass is 79.9. The molecule has 0 spiro atoms. The predicted octanol–water partition coefficient (Wildman–Crippen LogP) is 2.76. The van der Waals surface area contributed by atoms with Crippen LogP contribution in [-0.2, 0) is 6.61 Å². The molecule has 1 aromatic carbocycles. The zero-order chi connectivity index (χ0) is 12.3. The number of hydrogen-bond donors (Lipinski definition) is 1. The highest BCUT2D eigenvalue weighted by Crippen LogP contribution is 2.20. The third-order valence-corrected chi connectivity index (χ3v) is 3.19. The first-order valence-corrected chi connectivity index (χ1v) is 5.95. The van der Waals surface area contributed by atoms with Gasteiger partial charge in [0, 0.05) is 10.0 Å². The summed E-state index contributed by atoms with van der Waals surface area (Å²) in [7, 11) is 0. The van der Waals surface area contributed by atoms with Gasteiger partial charge in [-0.05, 0) is 6.07 Å². The van der Waals surface area contributed by atoms with Crippen molar-refractivity contribution in [1.29, 1.82) is 0 Å². The number of aromatic nitrogens is 2. The molecule has 1 heterocycles. The van der Waals surface area contributed by atoms with Crippen molar-refractivity contribution in [2.75, 3.05) is 0 Å². The maximum absolute atomic E-state index is 11.2. The van der Waals surface area contributed by atoms with E-state index in [-0.39, 0.29) is 17.5 Å². The molecule has 0 unspecified atom stereocenters. The van der Waals surface area contributed by atoms with Crippen molar-refractivity contribution in [3.05, 3.63) is 56.0 Å². The summed E-state index contributed by atoms with van der Waals surface area (Å²) in [5.41, 5.74) is 0.537. The van der Waals surface area contributed by atoms with E-state index in [1.807, 2.05) is 24.3 Å². The Hall–Kier alpha value is -1.33. The van der Waals surface area contributed by atoms with E-state index in [9.17, 15) is 4.79 Å². The van der Waals surface area contributed by atoms with Crippen molar-refractivity contribution in [2.24, 2.45) is 0 Å². The van der Waals surface area contributed by atoms with Gasteiger partial charge in [-0.2, -0.15) is 0 Å². The lowest BCUT2D eigenvalue weighted by Gasteiger charge is -2.07. The Labute approximate surface area is 111 Å². The molecule has 0 amide bonds. The second-order valence-corrected chi connectivity index (χ2v) is 4.46. The van der Waals surface area contributed by atoms with E-state index < -0.39 is 5.56 Å². The maximum atomic E-state index is 11.2. The molecule has 1 aromatic heterocycles. The molecule has 4 nitrogen and oxygen atoms in total. The molecule has 2 rings (SSSR count). The second-order valence-electron chi connectivity index (χ2n) is 3.23. The summed E-state index contributed by atoms with van der Waals surface area (Å²) in [4.78, 5) is 17.4. The quantitative estimate of drug-likeness (QED) is 0.947. The molecule has 1 N–H and O–H groups in total. The van der Waals surface area contributed by atoms with Crippen LogP contribution in [-0.4, -0.2) is 9.97 Å². The minimum absolute atomic E-state index is 0.0421. The van der Waals surface area contributed by atoms with E-state index in [0.717, 1.165) is 10.0 Å². The number of nitrogens with zero attached hydrogens (tertiary/aromatic N) is 1. The fourth-order valence-corrected chi connectivity index (χ4v) is 1.79. The van der Waals surface area contributed by atoms with Crippen molar-refractivity contribution >= 4 is 27.5 Å². The molecule has 88 valence electrons. The topological polar surface area (TPSA) is 55.0 Å². The number of ether oxygens (including phenoxy) is 1. The zero-order valence-corrected chi connectivity index (χ0v) is 11.0. The minimum Gasteiger partial charge on any atom is -0.472 e. The lowest BCUT2D eigenvalue weighted by Crippen LogP contribution is -2.09. The summed E-state index contributed by atoms with van der Waals surface area (Å²) in [6.07, 6.45) is 1.25. The van der Waals surface area contributed by atoms with Crippen molar-refractivity contribution in [3.63, 3.8) is 0 Å². The molecular formula is C11H8BrClN2O2. The number of hydrogen-bond acceptors (Lipinski definition) is 3. The first-order chi connectivity index (χ1) is 8.18. The number of halogens is 2. The summed E-state index contributed by atoms with van der Waals surface area (Å²) >= 11 is 9.16. The van der Waals surface area contributed by atoms with Crippen molar-refractivity contribution in [2.45, 2.75) is 6.61 Å². The minimum atomic E-state index is -0.413. The Morgan fingerprint density at radius 1 is 1.41 bits per heavy atom. The van der Waals surface area contributed by atoms with Gasteiger partial charge in [0.1, 0.15) is 6.61 Å². The number of H-pyrrole nitrogens is 1. The average Bonchev–Trinajstić information content (AvgIpc) is 2.33. The standard InChI is InChI=1S/C11H8BrClN2O2/c12-8-4-2-1-3-7(8)5-17-11-9(13)10(16)14-6-15-11/h1-4,6H,5H2,(H,14,15,16). The highest BCUT2D eigenvalue weighted by Gasteiger charge is 2.07. The van der Waals surface area contributed by atoms with Gasteiger partial charge in [0.2, 0.25) is 5.88 Å². The molecule has 0 bridgehead atoms. The van der Waals surface area contributed by atoms with Crippen LogP contribution in [0.1, 0.15) is 5.56 Å². The summed E-state index contributed by atoms with van der Waals surface area (Å²) in [6, 6.07) is 7.62. The SMILES string of the molecule is O=c1[nH]cnc(OCc2ccccc2Br)c1Cl. The lowest BCUT2D eigenvalue weighted by molar-refractivity contribution is 0.292. The van der Waals surface area contributed by atoms with Gasteiger partial charge in [0.05, 0.1) is 6.33 Å². The summed E-state index contributed by atoms with van der Waals surface area (Å²) in [5, 5.41) is -0.0421. The van der Waals surface area contributed by atoms with Crippen LogP contribution in [0.5, 0.6) is 5.88 Å². The van der Waals surface area contributed by atoms with Crippen LogP contribution in [0, 0.1) is 0 Å². The van der Waals surface area contributed by atoms with Gasteiger partial charge in [0.25, 0.3) is 5.56 Å². The molecule has 0 atom stereocenters. The molecule has 0 aliphatic rings. The van der Waals surface area contributed by atoms with E-state index in [0.29, 0.717) is 0 Å². The van der Waals surface area contributed by atoms with E-state index in [1.165, 1.54) is 6.33 Å². The normalized spacial score (nSPS) is 10.2. The van der Waals surface area contributed by atoms with Crippen LogP contribution < -0.4 is 10.3 Å². The third kappa shape index (κ3) is 2.87. The Bertz CT molecular complexity index is 586. The average molecular weight is 316 g/mol.